The first-order valence-corrected chi connectivity index (χ1v) is 7.53. The fourth-order valence-corrected chi connectivity index (χ4v) is 2.95. The van der Waals surface area contributed by atoms with E-state index in [0.717, 1.165) is 23.8 Å². The Morgan fingerprint density at radius 1 is 1.25 bits per heavy atom. The maximum absolute atomic E-state index is 4.52. The van der Waals surface area contributed by atoms with Gasteiger partial charge in [0.15, 0.2) is 0 Å². The smallest absolute Gasteiger partial charge is 0.0969 e. The maximum atomic E-state index is 4.52. The third-order valence-electron chi connectivity index (χ3n) is 4.24. The number of para-hydroxylation sites is 1. The Morgan fingerprint density at radius 2 is 2.00 bits per heavy atom. The van der Waals surface area contributed by atoms with E-state index in [0.29, 0.717) is 6.04 Å². The second kappa shape index (κ2) is 6.18. The van der Waals surface area contributed by atoms with E-state index < -0.39 is 0 Å². The van der Waals surface area contributed by atoms with Crippen molar-refractivity contribution in [1.82, 2.24) is 20.3 Å². The van der Waals surface area contributed by atoms with Crippen LogP contribution in [0.25, 0.3) is 5.69 Å². The van der Waals surface area contributed by atoms with Gasteiger partial charge in [-0.05, 0) is 37.8 Å². The molecule has 1 fully saturated rings. The van der Waals surface area contributed by atoms with E-state index in [2.05, 4.69) is 22.4 Å². The molecule has 3 rings (SSSR count). The zero-order chi connectivity index (χ0) is 13.8. The standard InChI is InChI=1S/C16H22N4/c1-13(14-7-5-6-8-14)17-11-15-12-18-20(19-15)16-9-3-2-4-10-16/h2-4,9-10,12-14,17H,5-8,11H2,1H3. The van der Waals surface area contributed by atoms with E-state index in [4.69, 9.17) is 0 Å². The summed E-state index contributed by atoms with van der Waals surface area (Å²) < 4.78 is 0. The number of nitrogens with one attached hydrogen (secondary N) is 1. The molecule has 1 unspecified atom stereocenters. The molecule has 1 aliphatic carbocycles. The van der Waals surface area contributed by atoms with E-state index in [1.54, 1.807) is 4.80 Å². The Hall–Kier alpha value is -1.68. The van der Waals surface area contributed by atoms with E-state index in [-0.39, 0.29) is 0 Å². The zero-order valence-electron chi connectivity index (χ0n) is 12.0. The third-order valence-corrected chi connectivity index (χ3v) is 4.24. The van der Waals surface area contributed by atoms with Gasteiger partial charge in [-0.3, -0.25) is 0 Å². The molecule has 0 bridgehead atoms. The van der Waals surface area contributed by atoms with Gasteiger partial charge in [0.05, 0.1) is 17.6 Å². The highest BCUT2D eigenvalue weighted by atomic mass is 15.5. The van der Waals surface area contributed by atoms with Crippen LogP contribution in [-0.2, 0) is 6.54 Å². The van der Waals surface area contributed by atoms with Crippen molar-refractivity contribution in [2.24, 2.45) is 5.92 Å². The minimum Gasteiger partial charge on any atom is -0.308 e. The lowest BCUT2D eigenvalue weighted by Gasteiger charge is -2.19. The molecular formula is C16H22N4. The molecule has 0 radical (unpaired) electrons. The Labute approximate surface area is 120 Å². The number of rotatable bonds is 5. The molecule has 1 aromatic heterocycles. The highest BCUT2D eigenvalue weighted by Gasteiger charge is 2.21. The highest BCUT2D eigenvalue weighted by Crippen LogP contribution is 2.27. The minimum absolute atomic E-state index is 0.569. The van der Waals surface area contributed by atoms with E-state index in [1.165, 1.54) is 25.7 Å². The van der Waals surface area contributed by atoms with Crippen molar-refractivity contribution >= 4 is 0 Å². The summed E-state index contributed by atoms with van der Waals surface area (Å²) in [5.74, 6) is 0.833. The molecule has 1 aromatic carbocycles. The molecular weight excluding hydrogens is 248 g/mol. The molecule has 1 aliphatic rings. The molecule has 1 N–H and O–H groups in total. The van der Waals surface area contributed by atoms with Gasteiger partial charge in [-0.25, -0.2) is 0 Å². The molecule has 4 nitrogen and oxygen atoms in total. The van der Waals surface area contributed by atoms with Crippen molar-refractivity contribution in [2.45, 2.75) is 45.2 Å². The molecule has 0 spiro atoms. The molecule has 0 amide bonds. The van der Waals surface area contributed by atoms with Crippen molar-refractivity contribution in [3.8, 4) is 5.69 Å². The lowest BCUT2D eigenvalue weighted by Crippen LogP contribution is -2.31. The number of nitrogens with zero attached hydrogens (tertiary/aromatic N) is 3. The number of aromatic nitrogens is 3. The molecule has 1 atom stereocenters. The molecule has 106 valence electrons. The summed E-state index contributed by atoms with van der Waals surface area (Å²) >= 11 is 0. The lowest BCUT2D eigenvalue weighted by atomic mass is 10.00. The van der Waals surface area contributed by atoms with Crippen LogP contribution in [0.3, 0.4) is 0 Å². The summed E-state index contributed by atoms with van der Waals surface area (Å²) in [7, 11) is 0. The topological polar surface area (TPSA) is 42.7 Å². The van der Waals surface area contributed by atoms with Crippen LogP contribution >= 0.6 is 0 Å². The first-order chi connectivity index (χ1) is 9.83. The van der Waals surface area contributed by atoms with Crippen molar-refractivity contribution in [2.75, 3.05) is 0 Å². The fourth-order valence-electron chi connectivity index (χ4n) is 2.95. The van der Waals surface area contributed by atoms with Gasteiger partial charge in [0, 0.05) is 12.6 Å². The van der Waals surface area contributed by atoms with Crippen molar-refractivity contribution in [1.29, 1.82) is 0 Å². The van der Waals surface area contributed by atoms with Crippen LogP contribution in [-0.4, -0.2) is 21.0 Å². The average molecular weight is 270 g/mol. The highest BCUT2D eigenvalue weighted by molar-refractivity contribution is 5.28. The summed E-state index contributed by atoms with van der Waals surface area (Å²) in [6.07, 6.45) is 7.36. The van der Waals surface area contributed by atoms with Gasteiger partial charge in [0.25, 0.3) is 0 Å². The average Bonchev–Trinajstić information content (AvgIpc) is 3.17. The summed E-state index contributed by atoms with van der Waals surface area (Å²) in [6, 6.07) is 10.6. The number of benzene rings is 1. The van der Waals surface area contributed by atoms with Gasteiger partial charge in [0.1, 0.15) is 0 Å². The normalized spacial score (nSPS) is 17.4. The van der Waals surface area contributed by atoms with Gasteiger partial charge < -0.3 is 5.32 Å². The van der Waals surface area contributed by atoms with Crippen molar-refractivity contribution < 1.29 is 0 Å². The third kappa shape index (κ3) is 3.07. The quantitative estimate of drug-likeness (QED) is 0.908. The Kier molecular flexibility index (Phi) is 4.11. The maximum Gasteiger partial charge on any atom is 0.0969 e. The molecule has 2 aromatic rings. The predicted molar refractivity (Wildman–Crippen MR) is 79.6 cm³/mol. The molecule has 20 heavy (non-hydrogen) atoms. The van der Waals surface area contributed by atoms with Crippen LogP contribution in [0.1, 0.15) is 38.3 Å². The van der Waals surface area contributed by atoms with Gasteiger partial charge in [-0.1, -0.05) is 31.0 Å². The zero-order valence-corrected chi connectivity index (χ0v) is 12.0. The second-order valence-electron chi connectivity index (χ2n) is 5.68. The van der Waals surface area contributed by atoms with E-state index >= 15 is 0 Å². The fraction of sp³-hybridized carbons (Fsp3) is 0.500. The SMILES string of the molecule is CC(NCc1cnn(-c2ccccc2)n1)C1CCCC1. The lowest BCUT2D eigenvalue weighted by molar-refractivity contribution is 0.378. The first kappa shape index (κ1) is 13.3. The summed E-state index contributed by atoms with van der Waals surface area (Å²) in [6.45, 7) is 3.09. The van der Waals surface area contributed by atoms with Gasteiger partial charge in [-0.2, -0.15) is 15.0 Å². The monoisotopic (exact) mass is 270 g/mol. The first-order valence-electron chi connectivity index (χ1n) is 7.53. The van der Waals surface area contributed by atoms with E-state index in [1.807, 2.05) is 36.5 Å². The minimum atomic E-state index is 0.569. The molecule has 0 aliphatic heterocycles. The number of hydrogen-bond acceptors (Lipinski definition) is 3. The molecule has 0 saturated heterocycles. The van der Waals surface area contributed by atoms with Crippen LogP contribution in [0.5, 0.6) is 0 Å². The van der Waals surface area contributed by atoms with Gasteiger partial charge in [0.2, 0.25) is 0 Å². The van der Waals surface area contributed by atoms with Gasteiger partial charge >= 0.3 is 0 Å². The van der Waals surface area contributed by atoms with Crippen LogP contribution in [0.4, 0.5) is 0 Å². The molecule has 1 heterocycles. The molecule has 1 saturated carbocycles. The molecule has 4 heteroatoms. The summed E-state index contributed by atoms with van der Waals surface area (Å²) in [5.41, 5.74) is 2.00. The summed E-state index contributed by atoms with van der Waals surface area (Å²) in [5, 5.41) is 12.4. The largest absolute Gasteiger partial charge is 0.308 e. The number of hydrogen-bond donors (Lipinski definition) is 1. The Bertz CT molecular complexity index is 528. The van der Waals surface area contributed by atoms with Crippen LogP contribution in [0.15, 0.2) is 36.5 Å². The Balaban J connectivity index is 1.57. The predicted octanol–water partition coefficient (Wildman–Crippen LogP) is 2.94. The van der Waals surface area contributed by atoms with Crippen molar-refractivity contribution in [3.05, 3.63) is 42.2 Å². The second-order valence-corrected chi connectivity index (χ2v) is 5.68. The van der Waals surface area contributed by atoms with Gasteiger partial charge in [-0.15, -0.1) is 0 Å². The summed E-state index contributed by atoms with van der Waals surface area (Å²) in [4.78, 5) is 1.69. The van der Waals surface area contributed by atoms with Crippen LogP contribution in [0, 0.1) is 5.92 Å². The van der Waals surface area contributed by atoms with Crippen LogP contribution in [0.2, 0.25) is 0 Å². The van der Waals surface area contributed by atoms with Crippen LogP contribution < -0.4 is 5.32 Å². The Morgan fingerprint density at radius 3 is 2.75 bits per heavy atom. The van der Waals surface area contributed by atoms with E-state index in [9.17, 15) is 0 Å². The van der Waals surface area contributed by atoms with Crippen molar-refractivity contribution in [3.63, 3.8) is 0 Å².